The number of pyridine rings is 1. The first-order chi connectivity index (χ1) is 9.60. The Hall–Kier alpha value is -0.800. The maximum Gasteiger partial charge on any atom is 0.147 e. The number of nitrogens with zero attached hydrogens (tertiary/aromatic N) is 2. The topological polar surface area (TPSA) is 28.2 Å². The van der Waals surface area contributed by atoms with E-state index in [4.69, 9.17) is 11.6 Å². The van der Waals surface area contributed by atoms with Gasteiger partial charge in [-0.1, -0.05) is 38.8 Å². The van der Waals surface area contributed by atoms with Crippen LogP contribution in [0.3, 0.4) is 0 Å². The predicted molar refractivity (Wildman–Crippen MR) is 86.5 cm³/mol. The number of anilines is 1. The largest absolute Gasteiger partial charge is 0.355 e. The minimum atomic E-state index is 0.474. The van der Waals surface area contributed by atoms with Crippen LogP contribution < -0.4 is 10.2 Å². The Morgan fingerprint density at radius 3 is 2.65 bits per heavy atom. The Kier molecular flexibility index (Phi) is 5.67. The van der Waals surface area contributed by atoms with Crippen LogP contribution in [-0.2, 0) is 6.54 Å². The van der Waals surface area contributed by atoms with E-state index in [-0.39, 0.29) is 0 Å². The minimum Gasteiger partial charge on any atom is -0.355 e. The Morgan fingerprint density at radius 2 is 2.10 bits per heavy atom. The van der Waals surface area contributed by atoms with E-state index < -0.39 is 0 Å². The molecule has 4 heteroatoms. The molecule has 1 aromatic heterocycles. The van der Waals surface area contributed by atoms with Crippen molar-refractivity contribution < 1.29 is 0 Å². The lowest BCUT2D eigenvalue weighted by molar-refractivity contribution is 0.394. The summed E-state index contributed by atoms with van der Waals surface area (Å²) in [5.41, 5.74) is 1.15. The van der Waals surface area contributed by atoms with Gasteiger partial charge in [-0.15, -0.1) is 0 Å². The van der Waals surface area contributed by atoms with Gasteiger partial charge in [0.15, 0.2) is 0 Å². The number of nitrogens with one attached hydrogen (secondary N) is 1. The lowest BCUT2D eigenvalue weighted by Gasteiger charge is -2.32. The fourth-order valence-corrected chi connectivity index (χ4v) is 2.98. The molecule has 0 amide bonds. The molecule has 0 aliphatic carbocycles. The van der Waals surface area contributed by atoms with E-state index in [1.54, 1.807) is 0 Å². The highest BCUT2D eigenvalue weighted by Crippen LogP contribution is 2.29. The SMILES string of the molecule is CCC1CCN(c2ncc(CNC(C)C)cc2Cl)CC1. The van der Waals surface area contributed by atoms with Crippen LogP contribution in [0.1, 0.15) is 45.6 Å². The van der Waals surface area contributed by atoms with Gasteiger partial charge in [-0.3, -0.25) is 0 Å². The Balaban J connectivity index is 1.99. The van der Waals surface area contributed by atoms with Gasteiger partial charge in [-0.2, -0.15) is 0 Å². The monoisotopic (exact) mass is 295 g/mol. The summed E-state index contributed by atoms with van der Waals surface area (Å²) in [6, 6.07) is 2.52. The van der Waals surface area contributed by atoms with E-state index in [9.17, 15) is 0 Å². The molecule has 1 N–H and O–H groups in total. The van der Waals surface area contributed by atoms with Crippen LogP contribution in [0, 0.1) is 5.92 Å². The summed E-state index contributed by atoms with van der Waals surface area (Å²) >= 11 is 6.42. The third-order valence-corrected chi connectivity index (χ3v) is 4.36. The number of aromatic nitrogens is 1. The van der Waals surface area contributed by atoms with Crippen LogP contribution in [0.15, 0.2) is 12.3 Å². The fraction of sp³-hybridized carbons (Fsp3) is 0.688. The van der Waals surface area contributed by atoms with Crippen molar-refractivity contribution in [2.45, 2.75) is 52.6 Å². The van der Waals surface area contributed by atoms with Crippen LogP contribution in [-0.4, -0.2) is 24.1 Å². The quantitative estimate of drug-likeness (QED) is 0.894. The summed E-state index contributed by atoms with van der Waals surface area (Å²) in [5, 5.41) is 4.17. The second-order valence-electron chi connectivity index (χ2n) is 6.02. The van der Waals surface area contributed by atoms with Gasteiger partial charge >= 0.3 is 0 Å². The summed E-state index contributed by atoms with van der Waals surface area (Å²) in [7, 11) is 0. The molecule has 0 radical (unpaired) electrons. The number of halogens is 1. The summed E-state index contributed by atoms with van der Waals surface area (Å²) in [4.78, 5) is 6.91. The van der Waals surface area contributed by atoms with Crippen molar-refractivity contribution in [3.05, 3.63) is 22.8 Å². The van der Waals surface area contributed by atoms with Crippen LogP contribution >= 0.6 is 11.6 Å². The molecular formula is C16H26ClN3. The zero-order valence-electron chi connectivity index (χ0n) is 12.8. The third kappa shape index (κ3) is 4.10. The molecule has 0 spiro atoms. The van der Waals surface area contributed by atoms with Gasteiger partial charge in [0.2, 0.25) is 0 Å². The molecule has 0 saturated carbocycles. The van der Waals surface area contributed by atoms with Gasteiger partial charge in [-0.05, 0) is 30.4 Å². The Labute approximate surface area is 127 Å². The normalized spacial score (nSPS) is 16.9. The standard InChI is InChI=1S/C16H26ClN3/c1-4-13-5-7-20(8-6-13)16-15(17)9-14(11-19-16)10-18-12(2)3/h9,11-13,18H,4-8,10H2,1-3H3. The van der Waals surface area contributed by atoms with E-state index in [1.807, 2.05) is 12.3 Å². The molecule has 1 saturated heterocycles. The van der Waals surface area contributed by atoms with Gasteiger partial charge < -0.3 is 10.2 Å². The van der Waals surface area contributed by atoms with Crippen LogP contribution in [0.2, 0.25) is 5.02 Å². The fourth-order valence-electron chi connectivity index (χ4n) is 2.67. The second kappa shape index (κ2) is 7.28. The number of piperidine rings is 1. The summed E-state index contributed by atoms with van der Waals surface area (Å²) in [6.45, 7) is 9.54. The molecule has 1 aliphatic rings. The van der Waals surface area contributed by atoms with Crippen molar-refractivity contribution in [2.75, 3.05) is 18.0 Å². The number of rotatable bonds is 5. The maximum absolute atomic E-state index is 6.42. The maximum atomic E-state index is 6.42. The van der Waals surface area contributed by atoms with Gasteiger partial charge in [0, 0.05) is 31.9 Å². The first-order valence-corrected chi connectivity index (χ1v) is 8.10. The Morgan fingerprint density at radius 1 is 1.40 bits per heavy atom. The summed E-state index contributed by atoms with van der Waals surface area (Å²) < 4.78 is 0. The molecule has 2 heterocycles. The van der Waals surface area contributed by atoms with Gasteiger partial charge in [0.1, 0.15) is 5.82 Å². The van der Waals surface area contributed by atoms with Crippen molar-refractivity contribution in [1.29, 1.82) is 0 Å². The average molecular weight is 296 g/mol. The van der Waals surface area contributed by atoms with E-state index in [1.165, 1.54) is 19.3 Å². The van der Waals surface area contributed by atoms with Crippen LogP contribution in [0.5, 0.6) is 0 Å². The van der Waals surface area contributed by atoms with Crippen molar-refractivity contribution in [3.63, 3.8) is 0 Å². The van der Waals surface area contributed by atoms with E-state index >= 15 is 0 Å². The lowest BCUT2D eigenvalue weighted by Crippen LogP contribution is -2.34. The first kappa shape index (κ1) is 15.6. The van der Waals surface area contributed by atoms with Gasteiger partial charge in [0.05, 0.1) is 5.02 Å². The first-order valence-electron chi connectivity index (χ1n) is 7.73. The Bertz CT molecular complexity index is 426. The zero-order chi connectivity index (χ0) is 14.5. The predicted octanol–water partition coefficient (Wildman–Crippen LogP) is 3.86. The number of hydrogen-bond acceptors (Lipinski definition) is 3. The van der Waals surface area contributed by atoms with Crippen LogP contribution in [0.25, 0.3) is 0 Å². The third-order valence-electron chi connectivity index (χ3n) is 4.08. The molecule has 1 fully saturated rings. The van der Waals surface area contributed by atoms with Crippen molar-refractivity contribution in [1.82, 2.24) is 10.3 Å². The van der Waals surface area contributed by atoms with E-state index in [2.05, 4.69) is 36.0 Å². The molecule has 3 nitrogen and oxygen atoms in total. The molecule has 2 rings (SSSR count). The molecule has 20 heavy (non-hydrogen) atoms. The van der Waals surface area contributed by atoms with Gasteiger partial charge in [-0.25, -0.2) is 4.98 Å². The van der Waals surface area contributed by atoms with Crippen molar-refractivity contribution >= 4 is 17.4 Å². The summed E-state index contributed by atoms with van der Waals surface area (Å²) in [6.07, 6.45) is 5.74. The molecule has 0 bridgehead atoms. The van der Waals surface area contributed by atoms with Crippen molar-refractivity contribution in [3.8, 4) is 0 Å². The molecule has 1 aromatic rings. The number of hydrogen-bond donors (Lipinski definition) is 1. The minimum absolute atomic E-state index is 0.474. The molecule has 0 unspecified atom stereocenters. The molecular weight excluding hydrogens is 270 g/mol. The molecule has 0 atom stereocenters. The second-order valence-corrected chi connectivity index (χ2v) is 6.43. The highest BCUT2D eigenvalue weighted by Gasteiger charge is 2.20. The highest BCUT2D eigenvalue weighted by atomic mass is 35.5. The van der Waals surface area contributed by atoms with E-state index in [0.717, 1.165) is 42.0 Å². The van der Waals surface area contributed by atoms with E-state index in [0.29, 0.717) is 6.04 Å². The zero-order valence-corrected chi connectivity index (χ0v) is 13.6. The highest BCUT2D eigenvalue weighted by molar-refractivity contribution is 6.33. The smallest absolute Gasteiger partial charge is 0.147 e. The lowest BCUT2D eigenvalue weighted by atomic mass is 9.94. The van der Waals surface area contributed by atoms with Crippen LogP contribution in [0.4, 0.5) is 5.82 Å². The molecule has 1 aliphatic heterocycles. The summed E-state index contributed by atoms with van der Waals surface area (Å²) in [5.74, 6) is 1.83. The molecule has 112 valence electrons. The molecule has 0 aromatic carbocycles. The van der Waals surface area contributed by atoms with Gasteiger partial charge in [0.25, 0.3) is 0 Å². The van der Waals surface area contributed by atoms with Crippen molar-refractivity contribution in [2.24, 2.45) is 5.92 Å². The average Bonchev–Trinajstić information content (AvgIpc) is 2.45.